The van der Waals surface area contributed by atoms with Crippen molar-refractivity contribution in [3.8, 4) is 0 Å². The van der Waals surface area contributed by atoms with Gasteiger partial charge in [0, 0.05) is 19.3 Å². The van der Waals surface area contributed by atoms with Crippen LogP contribution < -0.4 is 0 Å². The summed E-state index contributed by atoms with van der Waals surface area (Å²) >= 11 is 0. The number of hydrogen-bond acceptors (Lipinski definition) is 6. The number of hydrogen-bond donors (Lipinski definition) is 0. The molecule has 0 heterocycles. The molecule has 0 N–H and O–H groups in total. The number of ether oxygens (including phenoxy) is 3. The van der Waals surface area contributed by atoms with Crippen LogP contribution >= 0.6 is 0 Å². The molecule has 0 aliphatic rings. The second-order valence-electron chi connectivity index (χ2n) is 18.1. The molecule has 6 heteroatoms. The van der Waals surface area contributed by atoms with Gasteiger partial charge in [0.1, 0.15) is 13.2 Å². The highest BCUT2D eigenvalue weighted by Crippen LogP contribution is 2.12. The van der Waals surface area contributed by atoms with E-state index in [1.807, 2.05) is 24.3 Å². The van der Waals surface area contributed by atoms with E-state index >= 15 is 0 Å². The van der Waals surface area contributed by atoms with Gasteiger partial charge in [0.05, 0.1) is 0 Å². The van der Waals surface area contributed by atoms with E-state index in [9.17, 15) is 14.4 Å². The Hall–Kier alpha value is -4.71. The Bertz CT molecular complexity index is 1590. The SMILES string of the molecule is CC/C=C\C/C=C\C/C=C\C/C=C\C/C=C\C/C=C\CCC(=O)O[C@H](COC(=O)CC/C=C\C/C=C\C/C=C\C/C=C\C/C=C\CCCCC)COC(=O)CCCCCCC/C=C\CCCCCCCC. The van der Waals surface area contributed by atoms with E-state index < -0.39 is 12.1 Å². The second-order valence-corrected chi connectivity index (χ2v) is 18.1. The Balaban J connectivity index is 4.66. The highest BCUT2D eigenvalue weighted by molar-refractivity contribution is 5.71. The Labute approximate surface area is 436 Å². The fourth-order valence-electron chi connectivity index (χ4n) is 7.09. The van der Waals surface area contributed by atoms with Crippen LogP contribution in [0.5, 0.6) is 0 Å². The third kappa shape index (κ3) is 56.1. The molecule has 0 bridgehead atoms. The summed E-state index contributed by atoms with van der Waals surface area (Å²) in [6.45, 7) is 6.34. The van der Waals surface area contributed by atoms with Crippen LogP contribution in [0.1, 0.15) is 226 Å². The predicted octanol–water partition coefficient (Wildman–Crippen LogP) is 19.2. The maximum atomic E-state index is 12.8. The van der Waals surface area contributed by atoms with Gasteiger partial charge in [0.15, 0.2) is 6.10 Å². The lowest BCUT2D eigenvalue weighted by Crippen LogP contribution is -2.30. The molecule has 0 rings (SSSR count). The lowest BCUT2D eigenvalue weighted by Gasteiger charge is -2.18. The van der Waals surface area contributed by atoms with Crippen LogP contribution in [0.15, 0.2) is 146 Å². The van der Waals surface area contributed by atoms with E-state index in [4.69, 9.17) is 14.2 Å². The van der Waals surface area contributed by atoms with Crippen molar-refractivity contribution in [1.82, 2.24) is 0 Å². The Morgan fingerprint density at radius 1 is 0.296 bits per heavy atom. The number of carbonyl (C=O) groups excluding carboxylic acids is 3. The van der Waals surface area contributed by atoms with Crippen LogP contribution in [0.4, 0.5) is 0 Å². The van der Waals surface area contributed by atoms with Gasteiger partial charge in [0.2, 0.25) is 0 Å². The van der Waals surface area contributed by atoms with Crippen LogP contribution in [0.25, 0.3) is 0 Å². The molecular weight excluding hydrogens is 877 g/mol. The van der Waals surface area contributed by atoms with Gasteiger partial charge in [-0.3, -0.25) is 14.4 Å². The van der Waals surface area contributed by atoms with Crippen molar-refractivity contribution in [1.29, 1.82) is 0 Å². The maximum Gasteiger partial charge on any atom is 0.306 e. The van der Waals surface area contributed by atoms with E-state index in [1.165, 1.54) is 77.0 Å². The highest BCUT2D eigenvalue weighted by Gasteiger charge is 2.19. The van der Waals surface area contributed by atoms with Gasteiger partial charge >= 0.3 is 17.9 Å². The summed E-state index contributed by atoms with van der Waals surface area (Å²) in [5.74, 6) is -1.13. The van der Waals surface area contributed by atoms with E-state index in [-0.39, 0.29) is 38.0 Å². The summed E-state index contributed by atoms with van der Waals surface area (Å²) in [6, 6.07) is 0. The molecule has 0 saturated heterocycles. The minimum Gasteiger partial charge on any atom is -0.462 e. The molecule has 0 radical (unpaired) electrons. The summed E-state index contributed by atoms with van der Waals surface area (Å²) in [4.78, 5) is 38.1. The minimum absolute atomic E-state index is 0.141. The number of carbonyl (C=O) groups is 3. The zero-order valence-corrected chi connectivity index (χ0v) is 45.4. The van der Waals surface area contributed by atoms with Gasteiger partial charge in [-0.15, -0.1) is 0 Å². The first kappa shape index (κ1) is 66.3. The largest absolute Gasteiger partial charge is 0.462 e. The Kier molecular flexibility index (Phi) is 54.0. The van der Waals surface area contributed by atoms with Gasteiger partial charge in [-0.25, -0.2) is 0 Å². The van der Waals surface area contributed by atoms with Gasteiger partial charge in [-0.1, -0.05) is 231 Å². The quantitative estimate of drug-likeness (QED) is 0.0262. The van der Waals surface area contributed by atoms with Crippen molar-refractivity contribution in [3.63, 3.8) is 0 Å². The van der Waals surface area contributed by atoms with Crippen molar-refractivity contribution in [3.05, 3.63) is 146 Å². The van der Waals surface area contributed by atoms with E-state index in [1.54, 1.807) is 0 Å². The predicted molar refractivity (Wildman–Crippen MR) is 306 cm³/mol. The molecule has 0 saturated carbocycles. The molecule has 0 aliphatic heterocycles. The zero-order chi connectivity index (χ0) is 51.4. The standard InChI is InChI=1S/C65H102O6/c1-4-7-10-13-16-19-22-25-28-30-32-34-37-40-43-46-49-52-55-58-64(67)70-61-62(60-69-63(66)57-54-51-48-45-42-39-36-27-24-21-18-15-12-9-6-3)71-65(68)59-56-53-50-47-44-41-38-35-33-31-29-26-23-20-17-14-11-8-5-2/h8,11,16-17,19-20,25-29,32-36,40-41,43-44,49-50,52-53,62H,4-7,9-10,12-15,18,21-24,30-31,37-39,42,45-48,51,54-61H2,1-3H3/b11-8-,19-16-,20-17-,28-25-,29-26-,34-32-,35-33-,36-27-,43-40-,44-41-,52-49-,53-50-/t62-/m0/s1. The summed E-state index contributed by atoms with van der Waals surface area (Å²) < 4.78 is 16.7. The Morgan fingerprint density at radius 2 is 0.577 bits per heavy atom. The normalized spacial score (nSPS) is 13.2. The average molecular weight is 980 g/mol. The molecule has 0 amide bonds. The summed E-state index contributed by atoms with van der Waals surface area (Å²) in [6.07, 6.45) is 82.8. The number of rotatable bonds is 49. The van der Waals surface area contributed by atoms with Crippen molar-refractivity contribution < 1.29 is 28.6 Å². The molecule has 398 valence electrons. The van der Waals surface area contributed by atoms with Crippen LogP contribution in [-0.4, -0.2) is 37.2 Å². The fourth-order valence-corrected chi connectivity index (χ4v) is 7.09. The second kappa shape index (κ2) is 57.9. The third-order valence-electron chi connectivity index (χ3n) is 11.3. The van der Waals surface area contributed by atoms with Crippen LogP contribution in [0.3, 0.4) is 0 Å². The number of esters is 3. The number of unbranched alkanes of at least 4 members (excludes halogenated alkanes) is 14. The molecule has 0 spiro atoms. The van der Waals surface area contributed by atoms with Crippen LogP contribution in [0, 0.1) is 0 Å². The van der Waals surface area contributed by atoms with Crippen molar-refractivity contribution >= 4 is 17.9 Å². The van der Waals surface area contributed by atoms with Crippen molar-refractivity contribution in [2.45, 2.75) is 232 Å². The first-order valence-electron chi connectivity index (χ1n) is 28.3. The van der Waals surface area contributed by atoms with E-state index in [0.717, 1.165) is 96.3 Å². The van der Waals surface area contributed by atoms with Gasteiger partial charge < -0.3 is 14.2 Å². The van der Waals surface area contributed by atoms with Gasteiger partial charge in [-0.2, -0.15) is 0 Å². The molecule has 0 aromatic rings. The third-order valence-corrected chi connectivity index (χ3v) is 11.3. The summed E-state index contributed by atoms with van der Waals surface area (Å²) in [5.41, 5.74) is 0. The lowest BCUT2D eigenvalue weighted by atomic mass is 10.1. The van der Waals surface area contributed by atoms with Crippen LogP contribution in [0.2, 0.25) is 0 Å². The maximum absolute atomic E-state index is 12.8. The molecule has 0 aromatic heterocycles. The lowest BCUT2D eigenvalue weighted by molar-refractivity contribution is -0.166. The molecular formula is C65H102O6. The molecule has 1 atom stereocenters. The molecule has 71 heavy (non-hydrogen) atoms. The van der Waals surface area contributed by atoms with Crippen molar-refractivity contribution in [2.24, 2.45) is 0 Å². The minimum atomic E-state index is -0.859. The van der Waals surface area contributed by atoms with Crippen molar-refractivity contribution in [2.75, 3.05) is 13.2 Å². The number of allylic oxidation sites excluding steroid dienone is 24. The monoisotopic (exact) mass is 979 g/mol. The van der Waals surface area contributed by atoms with Gasteiger partial charge in [0.25, 0.3) is 0 Å². The molecule has 6 nitrogen and oxygen atoms in total. The van der Waals surface area contributed by atoms with E-state index in [0.29, 0.717) is 19.3 Å². The Morgan fingerprint density at radius 3 is 0.986 bits per heavy atom. The van der Waals surface area contributed by atoms with E-state index in [2.05, 4.69) is 142 Å². The van der Waals surface area contributed by atoms with Crippen LogP contribution in [-0.2, 0) is 28.6 Å². The summed E-state index contributed by atoms with van der Waals surface area (Å²) in [5, 5.41) is 0. The molecule has 0 aromatic carbocycles. The first-order valence-corrected chi connectivity index (χ1v) is 28.3. The topological polar surface area (TPSA) is 78.9 Å². The summed E-state index contributed by atoms with van der Waals surface area (Å²) in [7, 11) is 0. The first-order chi connectivity index (χ1) is 35.0. The molecule has 0 aliphatic carbocycles. The highest BCUT2D eigenvalue weighted by atomic mass is 16.6. The fraction of sp³-hybridized carbons (Fsp3) is 0.585. The molecule has 0 fully saturated rings. The van der Waals surface area contributed by atoms with Gasteiger partial charge in [-0.05, 0) is 122 Å². The molecule has 0 unspecified atom stereocenters. The zero-order valence-electron chi connectivity index (χ0n) is 45.4. The smallest absolute Gasteiger partial charge is 0.306 e. The average Bonchev–Trinajstić information content (AvgIpc) is 3.37.